The molecule has 0 bridgehead atoms. The van der Waals surface area contributed by atoms with Crippen molar-refractivity contribution in [2.75, 3.05) is 32.8 Å². The maximum Gasteiger partial charge on any atom is 0.339 e. The molecule has 1 heterocycles. The summed E-state index contributed by atoms with van der Waals surface area (Å²) in [5.41, 5.74) is 0.209. The zero-order valence-electron chi connectivity index (χ0n) is 11.7. The summed E-state index contributed by atoms with van der Waals surface area (Å²) < 4.78 is 11.2. The first-order valence-electron chi connectivity index (χ1n) is 6.99. The Balaban J connectivity index is 1.82. The molecule has 1 unspecified atom stereocenters. The molecule has 0 radical (unpaired) electrons. The van der Waals surface area contributed by atoms with Gasteiger partial charge in [-0.05, 0) is 18.6 Å². The smallest absolute Gasteiger partial charge is 0.339 e. The van der Waals surface area contributed by atoms with Gasteiger partial charge in [0.1, 0.15) is 17.9 Å². The third-order valence-corrected chi connectivity index (χ3v) is 3.46. The zero-order valence-corrected chi connectivity index (χ0v) is 11.7. The van der Waals surface area contributed by atoms with Crippen LogP contribution in [-0.2, 0) is 4.74 Å². The molecule has 1 aromatic rings. The van der Waals surface area contributed by atoms with Gasteiger partial charge in [0.15, 0.2) is 0 Å². The van der Waals surface area contributed by atoms with Crippen LogP contribution in [0.2, 0.25) is 0 Å². The molecule has 1 aliphatic rings. The van der Waals surface area contributed by atoms with E-state index in [2.05, 4.69) is 11.8 Å². The lowest BCUT2D eigenvalue weighted by atomic mass is 10.2. The van der Waals surface area contributed by atoms with E-state index in [0.29, 0.717) is 18.5 Å². The van der Waals surface area contributed by atoms with Crippen molar-refractivity contribution in [1.29, 1.82) is 0 Å². The first kappa shape index (κ1) is 14.8. The van der Waals surface area contributed by atoms with Gasteiger partial charge >= 0.3 is 5.97 Å². The molecule has 1 aliphatic heterocycles. The Hall–Kier alpha value is -1.59. The summed E-state index contributed by atoms with van der Waals surface area (Å²) in [5.74, 6) is -0.529. The minimum absolute atomic E-state index is 0.209. The molecular formula is C15H21NO4. The molecule has 1 aromatic carbocycles. The van der Waals surface area contributed by atoms with Crippen molar-refractivity contribution < 1.29 is 19.4 Å². The molecule has 0 amide bonds. The van der Waals surface area contributed by atoms with E-state index in [1.807, 2.05) is 0 Å². The van der Waals surface area contributed by atoms with Crippen molar-refractivity contribution in [2.45, 2.75) is 19.4 Å². The van der Waals surface area contributed by atoms with Gasteiger partial charge in [-0.3, -0.25) is 4.90 Å². The van der Waals surface area contributed by atoms with Crippen LogP contribution in [0, 0.1) is 0 Å². The van der Waals surface area contributed by atoms with Gasteiger partial charge in [0, 0.05) is 19.6 Å². The Morgan fingerprint density at radius 1 is 1.50 bits per heavy atom. The summed E-state index contributed by atoms with van der Waals surface area (Å²) in [7, 11) is 0. The Morgan fingerprint density at radius 3 is 3.05 bits per heavy atom. The zero-order chi connectivity index (χ0) is 14.4. The summed E-state index contributed by atoms with van der Waals surface area (Å²) in [5, 5.41) is 9.07. The van der Waals surface area contributed by atoms with Crippen molar-refractivity contribution in [3.8, 4) is 5.75 Å². The maximum absolute atomic E-state index is 11.1. The minimum Gasteiger partial charge on any atom is -0.491 e. The second-order valence-electron chi connectivity index (χ2n) is 4.85. The minimum atomic E-state index is -0.960. The van der Waals surface area contributed by atoms with Crippen LogP contribution in [0.5, 0.6) is 5.75 Å². The second kappa shape index (κ2) is 7.26. The van der Waals surface area contributed by atoms with E-state index in [0.717, 1.165) is 32.7 Å². The average Bonchev–Trinajstić information content (AvgIpc) is 2.48. The second-order valence-corrected chi connectivity index (χ2v) is 4.85. The third kappa shape index (κ3) is 3.95. The molecule has 1 saturated heterocycles. The molecule has 2 rings (SSSR count). The summed E-state index contributed by atoms with van der Waals surface area (Å²) in [4.78, 5) is 13.4. The van der Waals surface area contributed by atoms with Crippen molar-refractivity contribution in [1.82, 2.24) is 4.90 Å². The molecule has 20 heavy (non-hydrogen) atoms. The normalized spacial score (nSPS) is 19.8. The first-order valence-corrected chi connectivity index (χ1v) is 6.99. The molecule has 110 valence electrons. The van der Waals surface area contributed by atoms with Crippen LogP contribution in [0.25, 0.3) is 0 Å². The summed E-state index contributed by atoms with van der Waals surface area (Å²) in [6, 6.07) is 6.73. The lowest BCUT2D eigenvalue weighted by Crippen LogP contribution is -2.43. The highest BCUT2D eigenvalue weighted by Crippen LogP contribution is 2.17. The predicted octanol–water partition coefficient (Wildman–Crippen LogP) is 1.87. The highest BCUT2D eigenvalue weighted by Gasteiger charge is 2.18. The largest absolute Gasteiger partial charge is 0.491 e. The fourth-order valence-corrected chi connectivity index (χ4v) is 2.28. The number of para-hydroxylation sites is 1. The Morgan fingerprint density at radius 2 is 2.30 bits per heavy atom. The lowest BCUT2D eigenvalue weighted by molar-refractivity contribution is -0.0324. The van der Waals surface area contributed by atoms with E-state index in [1.54, 1.807) is 24.3 Å². The molecule has 1 N–H and O–H groups in total. The molecule has 0 aromatic heterocycles. The van der Waals surface area contributed by atoms with Crippen LogP contribution in [0.4, 0.5) is 0 Å². The van der Waals surface area contributed by atoms with E-state index >= 15 is 0 Å². The van der Waals surface area contributed by atoms with E-state index in [9.17, 15) is 4.79 Å². The van der Waals surface area contributed by atoms with Crippen molar-refractivity contribution in [2.24, 2.45) is 0 Å². The van der Waals surface area contributed by atoms with E-state index in [4.69, 9.17) is 14.6 Å². The number of ether oxygens (including phenoxy) is 2. The number of carboxylic acids is 1. The van der Waals surface area contributed by atoms with Crippen LogP contribution in [0.1, 0.15) is 23.7 Å². The topological polar surface area (TPSA) is 59.0 Å². The Kier molecular flexibility index (Phi) is 5.38. The number of hydrogen-bond donors (Lipinski definition) is 1. The SMILES string of the molecule is CCC1CN(CCOc2ccccc2C(=O)O)CCO1. The van der Waals surface area contributed by atoms with Crippen molar-refractivity contribution in [3.63, 3.8) is 0 Å². The molecular weight excluding hydrogens is 258 g/mol. The first-order chi connectivity index (χ1) is 9.70. The van der Waals surface area contributed by atoms with Crippen molar-refractivity contribution in [3.05, 3.63) is 29.8 Å². The maximum atomic E-state index is 11.1. The fourth-order valence-electron chi connectivity index (χ4n) is 2.28. The molecule has 0 aliphatic carbocycles. The van der Waals surface area contributed by atoms with Crippen LogP contribution < -0.4 is 4.74 Å². The number of hydrogen-bond acceptors (Lipinski definition) is 4. The highest BCUT2D eigenvalue weighted by atomic mass is 16.5. The standard InChI is InChI=1S/C15H21NO4/c1-2-12-11-16(7-9-19-12)8-10-20-14-6-4-3-5-13(14)15(17)18/h3-6,12H,2,7-11H2,1H3,(H,17,18). The summed E-state index contributed by atoms with van der Waals surface area (Å²) in [6.45, 7) is 5.97. The predicted molar refractivity (Wildman–Crippen MR) is 75.4 cm³/mol. The number of aromatic carboxylic acids is 1. The molecule has 5 heteroatoms. The summed E-state index contributed by atoms with van der Waals surface area (Å²) in [6.07, 6.45) is 1.31. The molecule has 1 atom stereocenters. The number of nitrogens with zero attached hydrogens (tertiary/aromatic N) is 1. The Labute approximate surface area is 119 Å². The van der Waals surface area contributed by atoms with Crippen LogP contribution in [0.15, 0.2) is 24.3 Å². The number of carbonyl (C=O) groups is 1. The van der Waals surface area contributed by atoms with Gasteiger partial charge in [0.05, 0.1) is 12.7 Å². The van der Waals surface area contributed by atoms with Gasteiger partial charge in [-0.15, -0.1) is 0 Å². The lowest BCUT2D eigenvalue weighted by Gasteiger charge is -2.32. The number of rotatable bonds is 6. The van der Waals surface area contributed by atoms with Gasteiger partial charge < -0.3 is 14.6 Å². The fraction of sp³-hybridized carbons (Fsp3) is 0.533. The van der Waals surface area contributed by atoms with E-state index in [1.165, 1.54) is 0 Å². The van der Waals surface area contributed by atoms with Gasteiger partial charge in [-0.2, -0.15) is 0 Å². The average molecular weight is 279 g/mol. The van der Waals surface area contributed by atoms with E-state index < -0.39 is 5.97 Å². The summed E-state index contributed by atoms with van der Waals surface area (Å²) >= 11 is 0. The molecule has 5 nitrogen and oxygen atoms in total. The van der Waals surface area contributed by atoms with Gasteiger partial charge in [0.2, 0.25) is 0 Å². The third-order valence-electron chi connectivity index (χ3n) is 3.46. The van der Waals surface area contributed by atoms with Crippen LogP contribution in [0.3, 0.4) is 0 Å². The van der Waals surface area contributed by atoms with E-state index in [-0.39, 0.29) is 5.56 Å². The number of benzene rings is 1. The molecule has 0 saturated carbocycles. The quantitative estimate of drug-likeness (QED) is 0.861. The van der Waals surface area contributed by atoms with Gasteiger partial charge in [-0.1, -0.05) is 19.1 Å². The highest BCUT2D eigenvalue weighted by molar-refractivity contribution is 5.90. The number of morpholine rings is 1. The van der Waals surface area contributed by atoms with Crippen molar-refractivity contribution >= 4 is 5.97 Å². The Bertz CT molecular complexity index is 449. The number of carboxylic acid groups (broad SMARTS) is 1. The van der Waals surface area contributed by atoms with Crippen LogP contribution in [-0.4, -0.2) is 54.9 Å². The monoisotopic (exact) mass is 279 g/mol. The molecule has 0 spiro atoms. The van der Waals surface area contributed by atoms with Gasteiger partial charge in [0.25, 0.3) is 0 Å². The van der Waals surface area contributed by atoms with Gasteiger partial charge in [-0.25, -0.2) is 4.79 Å². The molecule has 1 fully saturated rings. The van der Waals surface area contributed by atoms with Crippen LogP contribution >= 0.6 is 0 Å².